The summed E-state index contributed by atoms with van der Waals surface area (Å²) in [4.78, 5) is 4.94. The fourth-order valence-corrected chi connectivity index (χ4v) is 19.3. The van der Waals surface area contributed by atoms with E-state index in [4.69, 9.17) is 4.42 Å². The molecule has 1 heterocycles. The van der Waals surface area contributed by atoms with Gasteiger partial charge in [-0.1, -0.05) is 296 Å². The molecule has 0 atom stereocenters. The molecule has 1 aromatic heterocycles. The number of hydrogen-bond donors (Lipinski definition) is 0. The van der Waals surface area contributed by atoms with Gasteiger partial charge in [-0.05, 0) is 228 Å². The van der Waals surface area contributed by atoms with Crippen LogP contribution >= 0.6 is 0 Å². The Labute approximate surface area is 612 Å². The highest BCUT2D eigenvalue weighted by Crippen LogP contribution is 2.65. The Bertz CT molecular complexity index is 6070. The molecule has 21 rings (SSSR count). The average molecular weight is 1340 g/mol. The molecular weight excluding hydrogens is 1270 g/mol. The molecule has 17 aromatic rings. The highest BCUT2D eigenvalue weighted by atomic mass is 16.3. The zero-order chi connectivity index (χ0) is 69.7. The van der Waals surface area contributed by atoms with Crippen LogP contribution in [0.1, 0.15) is 83.5 Å². The summed E-state index contributed by atoms with van der Waals surface area (Å²) in [7, 11) is 0. The van der Waals surface area contributed by atoms with Gasteiger partial charge in [0.2, 0.25) is 0 Å². The van der Waals surface area contributed by atoms with Crippen LogP contribution in [0.3, 0.4) is 0 Å². The van der Waals surface area contributed by atoms with E-state index in [1.807, 2.05) is 6.07 Å². The number of hydrogen-bond acceptors (Lipinski definition) is 3. The highest BCUT2D eigenvalue weighted by Gasteiger charge is 2.53. The first-order valence-electron chi connectivity index (χ1n) is 36.7. The summed E-state index contributed by atoms with van der Waals surface area (Å²) in [5.74, 6) is 0. The predicted molar refractivity (Wildman–Crippen MR) is 434 cm³/mol. The third kappa shape index (κ3) is 8.67. The molecule has 0 saturated heterocycles. The zero-order valence-electron chi connectivity index (χ0n) is 58.5. The largest absolute Gasteiger partial charge is 0.456 e. The molecule has 0 bridgehead atoms. The smallest absolute Gasteiger partial charge is 0.137 e. The second-order valence-electron chi connectivity index (χ2n) is 29.1. The lowest BCUT2D eigenvalue weighted by Gasteiger charge is -2.36. The normalized spacial score (nSPS) is 13.9. The molecule has 0 N–H and O–H groups in total. The number of nitrogens with zero attached hydrogens (tertiary/aromatic N) is 2. The van der Waals surface area contributed by atoms with E-state index >= 15 is 0 Å². The van der Waals surface area contributed by atoms with Crippen molar-refractivity contribution in [2.45, 2.75) is 37.0 Å². The van der Waals surface area contributed by atoms with Gasteiger partial charge in [-0.25, -0.2) is 0 Å². The third-order valence-corrected chi connectivity index (χ3v) is 23.7. The number of aryl methyl sites for hydroxylation is 3. The zero-order valence-corrected chi connectivity index (χ0v) is 58.5. The summed E-state index contributed by atoms with van der Waals surface area (Å²) in [6, 6.07) is 139. The summed E-state index contributed by atoms with van der Waals surface area (Å²) >= 11 is 0. The molecule has 0 saturated carbocycles. The topological polar surface area (TPSA) is 19.6 Å². The summed E-state index contributed by atoms with van der Waals surface area (Å²) in [6.07, 6.45) is 0. The van der Waals surface area contributed by atoms with Gasteiger partial charge < -0.3 is 14.2 Å². The molecule has 0 fully saturated rings. The second kappa shape index (κ2) is 23.2. The van der Waals surface area contributed by atoms with Crippen LogP contribution < -0.4 is 9.80 Å². The van der Waals surface area contributed by atoms with E-state index in [0.29, 0.717) is 0 Å². The standard InChI is InChI=1S/C102H70N2O/c1-65-40-51-83-85-54-47-76(62-96(85)100(94(83)58-65,69-24-8-4-9-25-69)70-26-10-5-11-27-70)104(77-48-55-86-84-52-41-66(2)59-95(84)101(97(86)63-77,71-28-12-6-13-29-71)72-30-14-7-15-31-72)74-46-53-79(67(3)60-74)68-42-44-73(45-43-68)103(78-49-56-88-87-35-19-23-39-98(87)105-99(88)64-78)75-50-57-93-89(61-75)82-34-18-22-38-92(82)102(93)90-36-20-16-32-80(90)81-33-17-21-37-91(81)102/h4-64H,1-3H3. The molecule has 0 aliphatic heterocycles. The molecule has 0 amide bonds. The molecule has 4 aliphatic rings. The lowest BCUT2D eigenvalue weighted by atomic mass is 9.67. The van der Waals surface area contributed by atoms with Crippen molar-refractivity contribution in [1.29, 1.82) is 0 Å². The Balaban J connectivity index is 0.731. The minimum atomic E-state index is -0.611. The van der Waals surface area contributed by atoms with Crippen molar-refractivity contribution in [3.05, 3.63) is 454 Å². The number of anilines is 6. The molecule has 3 nitrogen and oxygen atoms in total. The summed E-state index contributed by atoms with van der Waals surface area (Å²) in [5.41, 5.74) is 37.8. The Morgan fingerprint density at radius 3 is 1.06 bits per heavy atom. The van der Waals surface area contributed by atoms with Crippen molar-refractivity contribution >= 4 is 56.1 Å². The van der Waals surface area contributed by atoms with E-state index < -0.39 is 16.2 Å². The van der Waals surface area contributed by atoms with Crippen LogP contribution in [0, 0.1) is 20.8 Å². The summed E-state index contributed by atoms with van der Waals surface area (Å²) in [5, 5.41) is 2.21. The maximum atomic E-state index is 6.67. The van der Waals surface area contributed by atoms with Crippen LogP contribution in [-0.2, 0) is 16.2 Å². The van der Waals surface area contributed by atoms with Gasteiger partial charge in [0, 0.05) is 51.0 Å². The summed E-state index contributed by atoms with van der Waals surface area (Å²) in [6.45, 7) is 6.74. The SMILES string of the molecule is Cc1ccc2c(c1)C(c1ccccc1)(c1ccccc1)c1cc(N(c3ccc(-c4ccc(N(c5ccc6c(c5)-c5ccccc5C65c6ccccc6-c6ccccc65)c5ccc6c(c5)oc5ccccc56)cc4)c(C)c3)c3ccc4c(c3)C(c3ccccc3)(c3ccccc3)c3cc(C)ccc3-4)ccc1-2. The van der Waals surface area contributed by atoms with Crippen LogP contribution in [0.4, 0.5) is 34.1 Å². The molecule has 105 heavy (non-hydrogen) atoms. The number of fused-ring (bicyclic) bond motifs is 19. The Morgan fingerprint density at radius 1 is 0.210 bits per heavy atom. The average Bonchev–Trinajstić information content (AvgIpc) is 1.52. The fraction of sp³-hybridized carbons (Fsp3) is 0.0588. The van der Waals surface area contributed by atoms with Crippen molar-refractivity contribution in [2.75, 3.05) is 9.80 Å². The molecule has 0 unspecified atom stereocenters. The molecule has 16 aromatic carbocycles. The van der Waals surface area contributed by atoms with Crippen molar-refractivity contribution in [2.24, 2.45) is 0 Å². The van der Waals surface area contributed by atoms with E-state index in [1.165, 1.54) is 122 Å². The minimum absolute atomic E-state index is 0.449. The van der Waals surface area contributed by atoms with Gasteiger partial charge >= 0.3 is 0 Å². The van der Waals surface area contributed by atoms with Gasteiger partial charge in [0.25, 0.3) is 0 Å². The number of rotatable bonds is 11. The van der Waals surface area contributed by atoms with Gasteiger partial charge in [0.05, 0.1) is 16.2 Å². The number of furan rings is 1. The Morgan fingerprint density at radius 2 is 0.552 bits per heavy atom. The minimum Gasteiger partial charge on any atom is -0.456 e. The first kappa shape index (κ1) is 60.7. The third-order valence-electron chi connectivity index (χ3n) is 23.7. The monoisotopic (exact) mass is 1340 g/mol. The van der Waals surface area contributed by atoms with Gasteiger partial charge in [0.15, 0.2) is 0 Å². The van der Waals surface area contributed by atoms with E-state index in [1.54, 1.807) is 0 Å². The predicted octanol–water partition coefficient (Wildman–Crippen LogP) is 26.2. The van der Waals surface area contributed by atoms with Gasteiger partial charge in [-0.3, -0.25) is 0 Å². The lowest BCUT2D eigenvalue weighted by Crippen LogP contribution is -2.29. The van der Waals surface area contributed by atoms with Crippen LogP contribution in [0.5, 0.6) is 0 Å². The first-order valence-corrected chi connectivity index (χ1v) is 36.7. The van der Waals surface area contributed by atoms with Crippen molar-refractivity contribution in [3.8, 4) is 55.6 Å². The molecular formula is C102H70N2O. The maximum Gasteiger partial charge on any atom is 0.137 e. The number of para-hydroxylation sites is 1. The van der Waals surface area contributed by atoms with Gasteiger partial charge in [0.1, 0.15) is 11.2 Å². The molecule has 494 valence electrons. The fourth-order valence-electron chi connectivity index (χ4n) is 19.3. The number of benzene rings is 16. The van der Waals surface area contributed by atoms with E-state index in [0.717, 1.165) is 72.8 Å². The molecule has 0 radical (unpaired) electrons. The second-order valence-corrected chi connectivity index (χ2v) is 29.1. The van der Waals surface area contributed by atoms with Crippen LogP contribution in [0.15, 0.2) is 374 Å². The van der Waals surface area contributed by atoms with E-state index in [9.17, 15) is 0 Å². The molecule has 1 spiro atoms. The van der Waals surface area contributed by atoms with E-state index in [-0.39, 0.29) is 0 Å². The van der Waals surface area contributed by atoms with E-state index in [2.05, 4.69) is 395 Å². The van der Waals surface area contributed by atoms with Gasteiger partial charge in [-0.2, -0.15) is 0 Å². The van der Waals surface area contributed by atoms with Crippen molar-refractivity contribution in [1.82, 2.24) is 0 Å². The van der Waals surface area contributed by atoms with Crippen LogP contribution in [-0.4, -0.2) is 0 Å². The van der Waals surface area contributed by atoms with Crippen LogP contribution in [0.2, 0.25) is 0 Å². The van der Waals surface area contributed by atoms with Crippen LogP contribution in [0.25, 0.3) is 77.6 Å². The Kier molecular flexibility index (Phi) is 13.4. The highest BCUT2D eigenvalue weighted by molar-refractivity contribution is 6.07. The lowest BCUT2D eigenvalue weighted by molar-refractivity contribution is 0.669. The van der Waals surface area contributed by atoms with Crippen molar-refractivity contribution < 1.29 is 4.42 Å². The van der Waals surface area contributed by atoms with Crippen molar-refractivity contribution in [3.63, 3.8) is 0 Å². The maximum absolute atomic E-state index is 6.67. The van der Waals surface area contributed by atoms with Gasteiger partial charge in [-0.15, -0.1) is 0 Å². The first-order chi connectivity index (χ1) is 51.8. The molecule has 3 heteroatoms. The Hall–Kier alpha value is -13.1. The summed E-state index contributed by atoms with van der Waals surface area (Å²) < 4.78 is 6.67. The molecule has 4 aliphatic carbocycles. The quantitative estimate of drug-likeness (QED) is 0.129.